The highest BCUT2D eigenvalue weighted by Crippen LogP contribution is 2.66. The van der Waals surface area contributed by atoms with Crippen LogP contribution in [0.3, 0.4) is 0 Å². The van der Waals surface area contributed by atoms with Crippen molar-refractivity contribution in [3.05, 3.63) is 281 Å². The third-order valence-corrected chi connectivity index (χ3v) is 18.2. The molecule has 72 heavy (non-hydrogen) atoms. The highest BCUT2D eigenvalue weighted by molar-refractivity contribution is 5.95. The highest BCUT2D eigenvalue weighted by atomic mass is 15.1. The molecule has 0 aliphatic heterocycles. The maximum Gasteiger partial charge on any atom is 0.0714 e. The number of fused-ring (bicyclic) bond motifs is 14. The van der Waals surface area contributed by atoms with E-state index < -0.39 is 5.41 Å². The van der Waals surface area contributed by atoms with E-state index in [4.69, 9.17) is 0 Å². The van der Waals surface area contributed by atoms with Gasteiger partial charge < -0.3 is 4.90 Å². The molecule has 10 aromatic rings. The van der Waals surface area contributed by atoms with E-state index in [-0.39, 0.29) is 10.8 Å². The molecule has 15 rings (SSSR count). The van der Waals surface area contributed by atoms with Gasteiger partial charge >= 0.3 is 0 Å². The first kappa shape index (κ1) is 41.8. The van der Waals surface area contributed by atoms with Crippen molar-refractivity contribution in [2.24, 2.45) is 11.8 Å². The second-order valence-electron chi connectivity index (χ2n) is 21.9. The summed E-state index contributed by atoms with van der Waals surface area (Å²) >= 11 is 0. The van der Waals surface area contributed by atoms with Crippen LogP contribution < -0.4 is 4.90 Å². The van der Waals surface area contributed by atoms with Gasteiger partial charge in [-0.25, -0.2) is 0 Å². The summed E-state index contributed by atoms with van der Waals surface area (Å²) in [7, 11) is 0. The first-order valence-corrected chi connectivity index (χ1v) is 26.3. The second-order valence-corrected chi connectivity index (χ2v) is 21.9. The number of nitrogens with zero attached hydrogens (tertiary/aromatic N) is 1. The molecular weight excluding hydrogens is 867 g/mol. The molecule has 0 radical (unpaired) electrons. The maximum absolute atomic E-state index is 2.61. The Morgan fingerprint density at radius 2 is 0.833 bits per heavy atom. The lowest BCUT2D eigenvalue weighted by atomic mass is 9.67. The normalized spacial score (nSPS) is 19.6. The Kier molecular flexibility index (Phi) is 8.99. The zero-order valence-electron chi connectivity index (χ0n) is 40.9. The summed E-state index contributed by atoms with van der Waals surface area (Å²) in [5.74, 6) is 1.47. The molecule has 1 spiro atoms. The standard InChI is InChI=1S/C71H55N/c1-69(2)63-29-14-11-26-58(63)62-28-17-27-61(68(62)69)55-23-10-9-22-54(55)47-33-36-51(37-34-47)72(52-38-40-59-56-24-12-15-30-64(56)70(66(59)43-52)45-46-32-35-50(70)42-46)53-39-41-60-57-25-13-16-31-65(57)71(67(60)44-53,48-18-5-3-6-19-48)49-20-7-4-8-21-49/h3-31,33-34,36-41,43-44,46,50H,32,35,42,45H2,1-2H3. The monoisotopic (exact) mass is 921 g/mol. The zero-order chi connectivity index (χ0) is 47.8. The molecule has 5 aliphatic rings. The van der Waals surface area contributed by atoms with Gasteiger partial charge in [-0.3, -0.25) is 0 Å². The molecule has 3 atom stereocenters. The molecule has 0 saturated heterocycles. The third-order valence-electron chi connectivity index (χ3n) is 18.2. The van der Waals surface area contributed by atoms with Crippen molar-refractivity contribution >= 4 is 17.1 Å². The molecule has 0 aromatic heterocycles. The van der Waals surface area contributed by atoms with Gasteiger partial charge in [-0.1, -0.05) is 220 Å². The minimum absolute atomic E-state index is 0.0625. The van der Waals surface area contributed by atoms with E-state index in [1.165, 1.54) is 126 Å². The summed E-state index contributed by atoms with van der Waals surface area (Å²) in [5, 5.41) is 0. The summed E-state index contributed by atoms with van der Waals surface area (Å²) in [4.78, 5) is 2.56. The summed E-state index contributed by atoms with van der Waals surface area (Å²) in [6, 6.07) is 90.1. The Morgan fingerprint density at radius 3 is 1.46 bits per heavy atom. The van der Waals surface area contributed by atoms with Crippen molar-refractivity contribution in [1.29, 1.82) is 0 Å². The van der Waals surface area contributed by atoms with E-state index in [9.17, 15) is 0 Å². The SMILES string of the molecule is CC1(C)c2ccccc2-c2cccc(-c3ccccc3-c3ccc(N(c4ccc5c(c4)C(c4ccccc4)(c4ccccc4)c4ccccc4-5)c4ccc5c(c4)C4(CC6CCC4C6)c4ccccc4-5)cc3)c21. The van der Waals surface area contributed by atoms with Crippen molar-refractivity contribution in [3.63, 3.8) is 0 Å². The van der Waals surface area contributed by atoms with Gasteiger partial charge in [0.1, 0.15) is 0 Å². The molecule has 1 heteroatoms. The van der Waals surface area contributed by atoms with Crippen LogP contribution in [0.25, 0.3) is 55.6 Å². The summed E-state index contributed by atoms with van der Waals surface area (Å²) in [6.07, 6.45) is 5.28. The largest absolute Gasteiger partial charge is 0.310 e. The molecule has 2 bridgehead atoms. The van der Waals surface area contributed by atoms with E-state index in [0.717, 1.165) is 17.3 Å². The average Bonchev–Trinajstić information content (AvgIpc) is 4.24. The van der Waals surface area contributed by atoms with Crippen LogP contribution in [-0.4, -0.2) is 0 Å². The maximum atomic E-state index is 2.61. The Hall–Kier alpha value is -8.00. The zero-order valence-corrected chi connectivity index (χ0v) is 40.9. The Balaban J connectivity index is 0.924. The third kappa shape index (κ3) is 5.65. The van der Waals surface area contributed by atoms with Crippen LogP contribution in [0, 0.1) is 11.8 Å². The summed E-state index contributed by atoms with van der Waals surface area (Å²) in [6.45, 7) is 4.79. The molecule has 0 amide bonds. The molecule has 1 nitrogen and oxygen atoms in total. The minimum Gasteiger partial charge on any atom is -0.310 e. The van der Waals surface area contributed by atoms with Crippen molar-refractivity contribution in [2.75, 3.05) is 4.90 Å². The number of hydrogen-bond donors (Lipinski definition) is 0. The fourth-order valence-corrected chi connectivity index (χ4v) is 15.4. The van der Waals surface area contributed by atoms with Gasteiger partial charge in [-0.05, 0) is 168 Å². The van der Waals surface area contributed by atoms with Crippen molar-refractivity contribution in [1.82, 2.24) is 0 Å². The molecule has 0 heterocycles. The molecule has 5 aliphatic carbocycles. The fourth-order valence-electron chi connectivity index (χ4n) is 15.4. The second kappa shape index (κ2) is 15.5. The Morgan fingerprint density at radius 1 is 0.361 bits per heavy atom. The van der Waals surface area contributed by atoms with Crippen molar-refractivity contribution in [2.45, 2.75) is 55.8 Å². The smallest absolute Gasteiger partial charge is 0.0714 e. The molecule has 2 fully saturated rings. The summed E-state index contributed by atoms with van der Waals surface area (Å²) in [5.41, 5.74) is 27.2. The van der Waals surface area contributed by atoms with E-state index in [0.29, 0.717) is 5.92 Å². The van der Waals surface area contributed by atoms with Crippen LogP contribution in [-0.2, 0) is 16.2 Å². The number of hydrogen-bond acceptors (Lipinski definition) is 1. The van der Waals surface area contributed by atoms with Gasteiger partial charge in [0.05, 0.1) is 5.41 Å². The predicted octanol–water partition coefficient (Wildman–Crippen LogP) is 18.2. The molecule has 3 unspecified atom stereocenters. The molecular formula is C71H55N. The van der Waals surface area contributed by atoms with E-state index in [1.54, 1.807) is 5.56 Å². The topological polar surface area (TPSA) is 3.24 Å². The van der Waals surface area contributed by atoms with Crippen LogP contribution in [0.1, 0.15) is 84.0 Å². The van der Waals surface area contributed by atoms with Gasteiger partial charge in [0, 0.05) is 27.9 Å². The van der Waals surface area contributed by atoms with Gasteiger partial charge in [-0.2, -0.15) is 0 Å². The van der Waals surface area contributed by atoms with Gasteiger partial charge in [0.25, 0.3) is 0 Å². The molecule has 0 N–H and O–H groups in total. The summed E-state index contributed by atoms with van der Waals surface area (Å²) < 4.78 is 0. The van der Waals surface area contributed by atoms with E-state index in [2.05, 4.69) is 255 Å². The van der Waals surface area contributed by atoms with Crippen LogP contribution in [0.2, 0.25) is 0 Å². The quantitative estimate of drug-likeness (QED) is 0.154. The van der Waals surface area contributed by atoms with E-state index >= 15 is 0 Å². The van der Waals surface area contributed by atoms with E-state index in [1.807, 2.05) is 0 Å². The van der Waals surface area contributed by atoms with Crippen LogP contribution in [0.5, 0.6) is 0 Å². The number of rotatable bonds is 7. The number of benzene rings is 10. The predicted molar refractivity (Wildman–Crippen MR) is 299 cm³/mol. The molecule has 10 aromatic carbocycles. The lowest BCUT2D eigenvalue weighted by molar-refractivity contribution is 0.327. The first-order valence-electron chi connectivity index (χ1n) is 26.3. The Bertz CT molecular complexity index is 3760. The molecule has 2 saturated carbocycles. The van der Waals surface area contributed by atoms with Crippen LogP contribution in [0.4, 0.5) is 17.1 Å². The molecule has 344 valence electrons. The first-order chi connectivity index (χ1) is 35.4. The number of anilines is 3. The van der Waals surface area contributed by atoms with Gasteiger partial charge in [0.15, 0.2) is 0 Å². The Labute approximate surface area is 424 Å². The highest BCUT2D eigenvalue weighted by Gasteiger charge is 2.57. The van der Waals surface area contributed by atoms with Crippen molar-refractivity contribution < 1.29 is 0 Å². The van der Waals surface area contributed by atoms with Crippen LogP contribution >= 0.6 is 0 Å². The lowest BCUT2D eigenvalue weighted by Gasteiger charge is -2.37. The van der Waals surface area contributed by atoms with Crippen LogP contribution in [0.15, 0.2) is 237 Å². The van der Waals surface area contributed by atoms with Gasteiger partial charge in [0.2, 0.25) is 0 Å². The van der Waals surface area contributed by atoms with Gasteiger partial charge in [-0.15, -0.1) is 0 Å². The average molecular weight is 922 g/mol. The lowest BCUT2D eigenvalue weighted by Crippen LogP contribution is -2.32. The minimum atomic E-state index is -0.510. The van der Waals surface area contributed by atoms with Crippen molar-refractivity contribution in [3.8, 4) is 55.6 Å². The fraction of sp³-hybridized carbons (Fsp3) is 0.155.